The topological polar surface area (TPSA) is 50.7 Å². The highest BCUT2D eigenvalue weighted by Crippen LogP contribution is 2.14. The van der Waals surface area contributed by atoms with Crippen LogP contribution in [-0.4, -0.2) is 12.1 Å². The zero-order valence-electron chi connectivity index (χ0n) is 14.9. The van der Waals surface area contributed by atoms with E-state index in [2.05, 4.69) is 57.6 Å². The third-order valence-electron chi connectivity index (χ3n) is 3.89. The molecule has 0 aromatic heterocycles. The number of aryl methyl sites for hydroxylation is 1. The molecule has 1 N–H and O–H groups in total. The Bertz CT molecular complexity index is 918. The standard InChI is InChI=1S/C22H19BrN2O2/c1-16-2-4-18(5-3-16)15-27-21-12-6-17(7-13-21)14-24-25-22(26)19-8-10-20(23)11-9-19/h2-14H,15H2,1H3,(H,25,26)/b24-14-. The molecule has 3 aromatic rings. The van der Waals surface area contributed by atoms with Crippen molar-refractivity contribution in [1.82, 2.24) is 5.43 Å². The molecule has 0 spiro atoms. The highest BCUT2D eigenvalue weighted by Gasteiger charge is 2.03. The van der Waals surface area contributed by atoms with Gasteiger partial charge in [-0.25, -0.2) is 5.43 Å². The summed E-state index contributed by atoms with van der Waals surface area (Å²) >= 11 is 3.34. The maximum absolute atomic E-state index is 12.0. The number of carbonyl (C=O) groups excluding carboxylic acids is 1. The molecule has 0 atom stereocenters. The van der Waals surface area contributed by atoms with E-state index in [4.69, 9.17) is 4.74 Å². The summed E-state index contributed by atoms with van der Waals surface area (Å²) in [6.07, 6.45) is 1.60. The fourth-order valence-electron chi connectivity index (χ4n) is 2.33. The summed E-state index contributed by atoms with van der Waals surface area (Å²) in [7, 11) is 0. The number of hydrazone groups is 1. The molecule has 1 amide bonds. The number of halogens is 1. The lowest BCUT2D eigenvalue weighted by atomic mass is 10.2. The van der Waals surface area contributed by atoms with Gasteiger partial charge in [0.2, 0.25) is 0 Å². The molecular formula is C22H19BrN2O2. The van der Waals surface area contributed by atoms with Crippen LogP contribution in [-0.2, 0) is 6.61 Å². The van der Waals surface area contributed by atoms with Crippen LogP contribution in [0.5, 0.6) is 5.75 Å². The average Bonchev–Trinajstić information content (AvgIpc) is 2.69. The van der Waals surface area contributed by atoms with Gasteiger partial charge in [-0.05, 0) is 66.6 Å². The first-order valence-electron chi connectivity index (χ1n) is 8.47. The summed E-state index contributed by atoms with van der Waals surface area (Å²) in [5.41, 5.74) is 6.29. The maximum atomic E-state index is 12.0. The predicted molar refractivity (Wildman–Crippen MR) is 111 cm³/mol. The Kier molecular flexibility index (Phi) is 6.39. The second-order valence-corrected chi connectivity index (χ2v) is 6.97. The molecule has 0 saturated heterocycles. The summed E-state index contributed by atoms with van der Waals surface area (Å²) in [5, 5.41) is 3.99. The maximum Gasteiger partial charge on any atom is 0.271 e. The smallest absolute Gasteiger partial charge is 0.271 e. The van der Waals surface area contributed by atoms with Crippen LogP contribution in [0.4, 0.5) is 0 Å². The van der Waals surface area contributed by atoms with Crippen LogP contribution in [0.1, 0.15) is 27.0 Å². The van der Waals surface area contributed by atoms with Crippen molar-refractivity contribution in [3.8, 4) is 5.75 Å². The highest BCUT2D eigenvalue weighted by atomic mass is 79.9. The lowest BCUT2D eigenvalue weighted by Crippen LogP contribution is -2.17. The van der Waals surface area contributed by atoms with Gasteiger partial charge in [0.15, 0.2) is 0 Å². The largest absolute Gasteiger partial charge is 0.489 e. The van der Waals surface area contributed by atoms with Crippen molar-refractivity contribution in [2.75, 3.05) is 0 Å². The van der Waals surface area contributed by atoms with Crippen molar-refractivity contribution < 1.29 is 9.53 Å². The summed E-state index contributed by atoms with van der Waals surface area (Å²) in [5.74, 6) is 0.531. The van der Waals surface area contributed by atoms with E-state index < -0.39 is 0 Å². The third kappa shape index (κ3) is 5.79. The summed E-state index contributed by atoms with van der Waals surface area (Å²) < 4.78 is 6.70. The van der Waals surface area contributed by atoms with Gasteiger partial charge in [0, 0.05) is 10.0 Å². The van der Waals surface area contributed by atoms with Gasteiger partial charge in [-0.3, -0.25) is 4.79 Å². The van der Waals surface area contributed by atoms with Gasteiger partial charge < -0.3 is 4.74 Å². The van der Waals surface area contributed by atoms with Gasteiger partial charge >= 0.3 is 0 Å². The zero-order valence-corrected chi connectivity index (χ0v) is 16.4. The molecule has 0 fully saturated rings. The number of ether oxygens (including phenoxy) is 1. The Labute approximate surface area is 167 Å². The van der Waals surface area contributed by atoms with Crippen LogP contribution in [0.3, 0.4) is 0 Å². The van der Waals surface area contributed by atoms with Gasteiger partial charge in [-0.1, -0.05) is 45.8 Å². The molecule has 0 heterocycles. The number of carbonyl (C=O) groups is 1. The number of amides is 1. The molecule has 5 heteroatoms. The lowest BCUT2D eigenvalue weighted by molar-refractivity contribution is 0.0955. The molecule has 0 radical (unpaired) electrons. The average molecular weight is 423 g/mol. The van der Waals surface area contributed by atoms with Crippen LogP contribution in [0.2, 0.25) is 0 Å². The minimum Gasteiger partial charge on any atom is -0.489 e. The first kappa shape index (κ1) is 18.9. The number of benzene rings is 3. The van der Waals surface area contributed by atoms with Gasteiger partial charge in [-0.2, -0.15) is 5.10 Å². The minimum atomic E-state index is -0.253. The zero-order chi connectivity index (χ0) is 19.1. The van der Waals surface area contributed by atoms with Crippen LogP contribution >= 0.6 is 15.9 Å². The normalized spacial score (nSPS) is 10.7. The van der Waals surface area contributed by atoms with Crippen LogP contribution in [0.25, 0.3) is 0 Å². The van der Waals surface area contributed by atoms with Crippen molar-refractivity contribution in [3.63, 3.8) is 0 Å². The monoisotopic (exact) mass is 422 g/mol. The molecule has 27 heavy (non-hydrogen) atoms. The first-order valence-corrected chi connectivity index (χ1v) is 9.27. The van der Waals surface area contributed by atoms with Crippen molar-refractivity contribution in [2.45, 2.75) is 13.5 Å². The van der Waals surface area contributed by atoms with E-state index in [1.165, 1.54) is 5.56 Å². The molecular weight excluding hydrogens is 404 g/mol. The van der Waals surface area contributed by atoms with Gasteiger partial charge in [-0.15, -0.1) is 0 Å². The number of rotatable bonds is 6. The van der Waals surface area contributed by atoms with E-state index in [0.717, 1.165) is 21.3 Å². The Morgan fingerprint density at radius 1 is 1.00 bits per heavy atom. The Morgan fingerprint density at radius 2 is 1.67 bits per heavy atom. The molecule has 3 rings (SSSR count). The molecule has 0 unspecified atom stereocenters. The first-order chi connectivity index (χ1) is 13.1. The predicted octanol–water partition coefficient (Wildman–Crippen LogP) is 5.10. The van der Waals surface area contributed by atoms with Crippen LogP contribution in [0, 0.1) is 6.92 Å². The Morgan fingerprint density at radius 3 is 2.33 bits per heavy atom. The SMILES string of the molecule is Cc1ccc(COc2ccc(/C=N\NC(=O)c3ccc(Br)cc3)cc2)cc1. The van der Waals surface area contributed by atoms with Crippen molar-refractivity contribution >= 4 is 28.1 Å². The summed E-state index contributed by atoms with van der Waals surface area (Å²) in [6.45, 7) is 2.59. The van der Waals surface area contributed by atoms with Gasteiger partial charge in [0.05, 0.1) is 6.21 Å². The lowest BCUT2D eigenvalue weighted by Gasteiger charge is -2.07. The summed E-state index contributed by atoms with van der Waals surface area (Å²) in [4.78, 5) is 12.0. The molecule has 0 aliphatic carbocycles. The highest BCUT2D eigenvalue weighted by molar-refractivity contribution is 9.10. The van der Waals surface area contributed by atoms with Crippen LogP contribution < -0.4 is 10.2 Å². The van der Waals surface area contributed by atoms with Crippen molar-refractivity contribution in [3.05, 3.63) is 99.5 Å². The van der Waals surface area contributed by atoms with Gasteiger partial charge in [0.25, 0.3) is 5.91 Å². The second kappa shape index (κ2) is 9.14. The van der Waals surface area contributed by atoms with Gasteiger partial charge in [0.1, 0.15) is 12.4 Å². The van der Waals surface area contributed by atoms with E-state index in [-0.39, 0.29) is 5.91 Å². The summed E-state index contributed by atoms with van der Waals surface area (Å²) in [6, 6.07) is 22.9. The van der Waals surface area contributed by atoms with E-state index in [0.29, 0.717) is 12.2 Å². The van der Waals surface area contributed by atoms with Crippen molar-refractivity contribution in [2.24, 2.45) is 5.10 Å². The molecule has 0 saturated carbocycles. The Hall–Kier alpha value is -2.92. The van der Waals surface area contributed by atoms with Crippen LogP contribution in [0.15, 0.2) is 82.4 Å². The van der Waals surface area contributed by atoms with E-state index in [9.17, 15) is 4.79 Å². The number of nitrogens with zero attached hydrogens (tertiary/aromatic N) is 1. The molecule has 3 aromatic carbocycles. The quantitative estimate of drug-likeness (QED) is 0.443. The number of nitrogens with one attached hydrogen (secondary N) is 1. The van der Waals surface area contributed by atoms with E-state index >= 15 is 0 Å². The molecule has 0 aliphatic heterocycles. The fourth-order valence-corrected chi connectivity index (χ4v) is 2.60. The Balaban J connectivity index is 1.50. The molecule has 136 valence electrons. The minimum absolute atomic E-state index is 0.253. The number of hydrogen-bond donors (Lipinski definition) is 1. The molecule has 4 nitrogen and oxygen atoms in total. The number of hydrogen-bond acceptors (Lipinski definition) is 3. The third-order valence-corrected chi connectivity index (χ3v) is 4.42. The van der Waals surface area contributed by atoms with E-state index in [1.807, 2.05) is 36.4 Å². The van der Waals surface area contributed by atoms with Crippen molar-refractivity contribution in [1.29, 1.82) is 0 Å². The second-order valence-electron chi connectivity index (χ2n) is 6.05. The molecule has 0 bridgehead atoms. The van der Waals surface area contributed by atoms with E-state index in [1.54, 1.807) is 18.3 Å². The fraction of sp³-hybridized carbons (Fsp3) is 0.0909. The molecule has 0 aliphatic rings.